The molecule has 1 aliphatic heterocycles. The summed E-state index contributed by atoms with van der Waals surface area (Å²) in [4.78, 5) is 24.6. The highest BCUT2D eigenvalue weighted by atomic mass is 35.5. The Morgan fingerprint density at radius 3 is 1.84 bits per heavy atom. The minimum atomic E-state index is -0.561. The van der Waals surface area contributed by atoms with Gasteiger partial charge in [-0.1, -0.05) is 137 Å². The van der Waals surface area contributed by atoms with Crippen molar-refractivity contribution < 1.29 is 40.9 Å². The average Bonchev–Trinajstić information content (AvgIpc) is 3.10. The summed E-state index contributed by atoms with van der Waals surface area (Å²) in [6.07, 6.45) is 6.50. The molecule has 0 unspecified atom stereocenters. The Labute approximate surface area is 299 Å². The van der Waals surface area contributed by atoms with Crippen LogP contribution in [0.5, 0.6) is 0 Å². The van der Waals surface area contributed by atoms with Crippen molar-refractivity contribution in [1.29, 1.82) is 0 Å². The number of unbranched alkanes of at least 4 members (excludes halogenated alkanes) is 4. The molecule has 1 fully saturated rings. The van der Waals surface area contributed by atoms with Crippen LogP contribution in [0.2, 0.25) is 0 Å². The van der Waals surface area contributed by atoms with Crippen LogP contribution in [0.4, 0.5) is 4.79 Å². The van der Waals surface area contributed by atoms with E-state index in [1.54, 1.807) is 0 Å². The van der Waals surface area contributed by atoms with E-state index in [-0.39, 0.29) is 49.0 Å². The molecule has 1 saturated heterocycles. The lowest BCUT2D eigenvalue weighted by atomic mass is 9.78. The van der Waals surface area contributed by atoms with Crippen LogP contribution in [0.3, 0.4) is 0 Å². The normalized spacial score (nSPS) is 22.4. The smallest absolute Gasteiger partial charge is 0.408 e. The van der Waals surface area contributed by atoms with Gasteiger partial charge in [-0.25, -0.2) is 4.79 Å². The van der Waals surface area contributed by atoms with E-state index in [0.717, 1.165) is 61.6 Å². The molecule has 8 heteroatoms. The van der Waals surface area contributed by atoms with Gasteiger partial charge in [0, 0.05) is 5.92 Å². The molecule has 1 heterocycles. The number of carbonyl (C=O) groups excluding carboxylic acids is 2. The topological polar surface area (TPSA) is 83.1 Å². The van der Waals surface area contributed by atoms with Gasteiger partial charge in [0.25, 0.3) is 0 Å². The summed E-state index contributed by atoms with van der Waals surface area (Å²) in [5.74, 6) is 0.130. The number of nitrogens with one attached hydrogen (secondary N) is 1. The molecule has 4 rings (SSSR count). The van der Waals surface area contributed by atoms with Crippen LogP contribution in [0.25, 0.3) is 0 Å². The predicted octanol–water partition coefficient (Wildman–Crippen LogP) is 5.98. The molecule has 1 amide bonds. The monoisotopic (exact) mass is 692 g/mol. The van der Waals surface area contributed by atoms with Crippen LogP contribution in [-0.4, -0.2) is 41.8 Å². The summed E-state index contributed by atoms with van der Waals surface area (Å²) >= 11 is 0. The van der Waals surface area contributed by atoms with Crippen molar-refractivity contribution in [2.24, 2.45) is 5.92 Å². The fraction of sp³-hybridized carbons (Fsp3) is 0.512. The first kappa shape index (κ1) is 40.2. The standard InChI is InChI=1S/C41H55NO6.ClH/c1-5-37-31(2)38(45-28-33-20-12-9-13-21-33)39(46-29-34-22-14-10-15-23-34)41(4,48-37)27-19-8-6-7-18-26-36(32(3)43)42-40(44)47-30-35-24-16-11-17-25-35;/h9-17,20-25,31,36-39H,5-8,18-19,26-30H2,1-4H3,(H,42,44);1H/p-1/t31-,36-,37+,38-,39+,41-;/m0./s1. The van der Waals surface area contributed by atoms with E-state index >= 15 is 0 Å². The predicted molar refractivity (Wildman–Crippen MR) is 189 cm³/mol. The van der Waals surface area contributed by atoms with Gasteiger partial charge in [0.15, 0.2) is 5.78 Å². The van der Waals surface area contributed by atoms with E-state index in [1.165, 1.54) is 6.92 Å². The number of halogens is 1. The number of carbonyl (C=O) groups is 2. The van der Waals surface area contributed by atoms with Gasteiger partial charge >= 0.3 is 6.09 Å². The third kappa shape index (κ3) is 12.9. The van der Waals surface area contributed by atoms with Crippen molar-refractivity contribution in [3.63, 3.8) is 0 Å². The molecule has 6 atom stereocenters. The van der Waals surface area contributed by atoms with E-state index in [1.807, 2.05) is 66.7 Å². The van der Waals surface area contributed by atoms with Crippen molar-refractivity contribution >= 4 is 11.9 Å². The summed E-state index contributed by atoms with van der Waals surface area (Å²) < 4.78 is 25.7. The molecule has 0 bridgehead atoms. The Kier molecular flexibility index (Phi) is 17.3. The third-order valence-electron chi connectivity index (χ3n) is 9.55. The molecule has 1 N–H and O–H groups in total. The third-order valence-corrected chi connectivity index (χ3v) is 9.55. The largest absolute Gasteiger partial charge is 1.00 e. The molecule has 1 aliphatic rings. The highest BCUT2D eigenvalue weighted by Crippen LogP contribution is 2.41. The van der Waals surface area contributed by atoms with Gasteiger partial charge in [-0.05, 0) is 49.8 Å². The van der Waals surface area contributed by atoms with E-state index in [9.17, 15) is 9.59 Å². The minimum absolute atomic E-state index is 0. The van der Waals surface area contributed by atoms with Crippen LogP contribution in [0.15, 0.2) is 91.0 Å². The summed E-state index contributed by atoms with van der Waals surface area (Å²) in [5.41, 5.74) is 2.70. The summed E-state index contributed by atoms with van der Waals surface area (Å²) in [6.45, 7) is 9.36. The molecule has 3 aromatic carbocycles. The van der Waals surface area contributed by atoms with Gasteiger partial charge in [-0.2, -0.15) is 0 Å². The van der Waals surface area contributed by atoms with Gasteiger partial charge in [-0.3, -0.25) is 4.79 Å². The molecule has 0 aliphatic carbocycles. The van der Waals surface area contributed by atoms with Gasteiger partial charge in [0.2, 0.25) is 0 Å². The summed E-state index contributed by atoms with van der Waals surface area (Å²) in [6, 6.07) is 29.6. The average molecular weight is 693 g/mol. The second kappa shape index (κ2) is 21.1. The molecule has 7 nitrogen and oxygen atoms in total. The molecule has 3 aromatic rings. The minimum Gasteiger partial charge on any atom is -1.00 e. The van der Waals surface area contributed by atoms with Gasteiger partial charge in [-0.15, -0.1) is 0 Å². The van der Waals surface area contributed by atoms with Crippen molar-refractivity contribution in [3.05, 3.63) is 108 Å². The molecule has 49 heavy (non-hydrogen) atoms. The number of hydrogen-bond donors (Lipinski definition) is 1. The van der Waals surface area contributed by atoms with Gasteiger partial charge in [0.1, 0.15) is 12.7 Å². The lowest BCUT2D eigenvalue weighted by Crippen LogP contribution is -3.00. The highest BCUT2D eigenvalue weighted by molar-refractivity contribution is 5.85. The van der Waals surface area contributed by atoms with Crippen LogP contribution < -0.4 is 17.7 Å². The number of alkyl carbamates (subject to hydrolysis) is 1. The van der Waals surface area contributed by atoms with E-state index in [2.05, 4.69) is 50.4 Å². The van der Waals surface area contributed by atoms with E-state index in [0.29, 0.717) is 19.6 Å². The van der Waals surface area contributed by atoms with Gasteiger partial charge in [0.05, 0.1) is 37.1 Å². The number of ether oxygens (including phenoxy) is 4. The fourth-order valence-electron chi connectivity index (χ4n) is 6.69. The Morgan fingerprint density at radius 2 is 1.29 bits per heavy atom. The second-order valence-electron chi connectivity index (χ2n) is 13.4. The molecule has 0 saturated carbocycles. The SMILES string of the molecule is CC[C@H]1O[C@@](C)(CCCCCCC[C@H](NC(=O)OCc2ccccc2)C(C)=O)[C@H](OCc2ccccc2)[C@@H](OCc2ccccc2)[C@H]1C.[Cl-]. The van der Waals surface area contributed by atoms with Crippen molar-refractivity contribution in [3.8, 4) is 0 Å². The molecular formula is C41H55ClNO6-. The second-order valence-corrected chi connectivity index (χ2v) is 13.4. The first-order valence-corrected chi connectivity index (χ1v) is 17.8. The molecule has 268 valence electrons. The van der Waals surface area contributed by atoms with Gasteiger partial charge < -0.3 is 36.7 Å². The number of benzene rings is 3. The Bertz CT molecular complexity index is 1360. The van der Waals surface area contributed by atoms with Crippen LogP contribution in [0.1, 0.15) is 95.8 Å². The maximum absolute atomic E-state index is 12.3. The van der Waals surface area contributed by atoms with E-state index in [4.69, 9.17) is 18.9 Å². The highest BCUT2D eigenvalue weighted by Gasteiger charge is 2.51. The quantitative estimate of drug-likeness (QED) is 0.156. The van der Waals surface area contributed by atoms with Crippen molar-refractivity contribution in [2.45, 2.75) is 129 Å². The van der Waals surface area contributed by atoms with Crippen LogP contribution in [-0.2, 0) is 43.6 Å². The van der Waals surface area contributed by atoms with Crippen LogP contribution in [0, 0.1) is 5.92 Å². The lowest BCUT2D eigenvalue weighted by molar-refractivity contribution is -0.273. The lowest BCUT2D eigenvalue weighted by Gasteiger charge is -2.51. The zero-order valence-corrected chi connectivity index (χ0v) is 30.4. The van der Waals surface area contributed by atoms with E-state index < -0.39 is 17.7 Å². The maximum Gasteiger partial charge on any atom is 0.408 e. The molecule has 0 aromatic heterocycles. The number of Topliss-reactive ketones (excluding diaryl/α,β-unsaturated/α-hetero) is 1. The Morgan fingerprint density at radius 1 is 0.776 bits per heavy atom. The summed E-state index contributed by atoms with van der Waals surface area (Å²) in [5, 5.41) is 2.75. The first-order valence-electron chi connectivity index (χ1n) is 17.8. The number of amides is 1. The maximum atomic E-state index is 12.3. The van der Waals surface area contributed by atoms with Crippen molar-refractivity contribution in [1.82, 2.24) is 5.32 Å². The summed E-state index contributed by atoms with van der Waals surface area (Å²) in [7, 11) is 0. The first-order chi connectivity index (χ1) is 23.3. The molecular weight excluding hydrogens is 638 g/mol. The number of rotatable bonds is 19. The number of hydrogen-bond acceptors (Lipinski definition) is 6. The Hall–Kier alpha value is -3.23. The van der Waals surface area contributed by atoms with Crippen molar-refractivity contribution in [2.75, 3.05) is 0 Å². The number of ketones is 1. The zero-order valence-electron chi connectivity index (χ0n) is 29.7. The zero-order chi connectivity index (χ0) is 34.2. The Balaban J connectivity index is 0.00000650. The molecule has 0 radical (unpaired) electrons. The molecule has 0 spiro atoms. The fourth-order valence-corrected chi connectivity index (χ4v) is 6.69. The van der Waals surface area contributed by atoms with Crippen LogP contribution >= 0.6 is 0 Å².